The van der Waals surface area contributed by atoms with Crippen LogP contribution in [0.2, 0.25) is 0 Å². The summed E-state index contributed by atoms with van der Waals surface area (Å²) in [4.78, 5) is 2.65. The molecule has 2 heterocycles. The molecule has 0 saturated carbocycles. The molecule has 0 aromatic heterocycles. The number of ether oxygens (including phenoxy) is 5. The molecule has 0 radical (unpaired) electrons. The number of hydrogen-bond acceptors (Lipinski definition) is 7. The van der Waals surface area contributed by atoms with Crippen LogP contribution < -0.4 is 14.2 Å². The van der Waals surface area contributed by atoms with E-state index in [1.165, 1.54) is 106 Å². The highest BCUT2D eigenvalue weighted by Crippen LogP contribution is 2.50. The number of methoxy groups -OCH3 is 2. The molecular formula is C36H55NO5S. The zero-order valence-corrected chi connectivity index (χ0v) is 27.8. The summed E-state index contributed by atoms with van der Waals surface area (Å²) in [6, 6.07) is 14.7. The van der Waals surface area contributed by atoms with E-state index in [1.807, 2.05) is 24.3 Å². The Morgan fingerprint density at radius 3 is 2.16 bits per heavy atom. The molecule has 1 fully saturated rings. The van der Waals surface area contributed by atoms with E-state index in [0.717, 1.165) is 23.7 Å². The zero-order valence-electron chi connectivity index (χ0n) is 27.0. The van der Waals surface area contributed by atoms with Crippen molar-refractivity contribution in [2.75, 3.05) is 65.6 Å². The van der Waals surface area contributed by atoms with Crippen molar-refractivity contribution in [3.05, 3.63) is 53.6 Å². The molecule has 1 saturated heterocycles. The molecule has 0 bridgehead atoms. The fourth-order valence-electron chi connectivity index (χ4n) is 6.55. The summed E-state index contributed by atoms with van der Waals surface area (Å²) in [7, 11) is 3.28. The summed E-state index contributed by atoms with van der Waals surface area (Å²) in [5.41, 5.74) is 2.42. The minimum absolute atomic E-state index is 0.132. The minimum Gasteiger partial charge on any atom is -0.492 e. The van der Waals surface area contributed by atoms with E-state index in [4.69, 9.17) is 23.7 Å². The maximum atomic E-state index is 6.40. The summed E-state index contributed by atoms with van der Waals surface area (Å²) in [6.07, 6.45) is 14.7. The quantitative estimate of drug-likeness (QED) is 0.110. The molecule has 0 amide bonds. The largest absolute Gasteiger partial charge is 0.492 e. The second kappa shape index (κ2) is 18.8. The van der Waals surface area contributed by atoms with Gasteiger partial charge in [0.2, 0.25) is 0 Å². The number of unbranched alkanes of at least 4 members (excludes halogenated alkanes) is 6. The van der Waals surface area contributed by atoms with E-state index < -0.39 is 0 Å². The normalized spacial score (nSPS) is 20.4. The van der Waals surface area contributed by atoms with Crippen LogP contribution in [0.4, 0.5) is 0 Å². The van der Waals surface area contributed by atoms with Crippen molar-refractivity contribution in [3.8, 4) is 17.2 Å². The lowest BCUT2D eigenvalue weighted by atomic mass is 9.66. The van der Waals surface area contributed by atoms with E-state index in [1.54, 1.807) is 14.2 Å². The Balaban J connectivity index is 1.23. The van der Waals surface area contributed by atoms with Crippen molar-refractivity contribution in [2.45, 2.75) is 88.9 Å². The highest BCUT2D eigenvalue weighted by atomic mass is 32.2. The highest BCUT2D eigenvalue weighted by Gasteiger charge is 2.42. The molecule has 7 heteroatoms. The van der Waals surface area contributed by atoms with Crippen molar-refractivity contribution < 1.29 is 23.7 Å². The predicted octanol–water partition coefficient (Wildman–Crippen LogP) is 8.43. The topological polar surface area (TPSA) is 49.4 Å². The molecule has 6 nitrogen and oxygen atoms in total. The second-order valence-corrected chi connectivity index (χ2v) is 13.6. The number of thioether (sulfide) groups is 1. The van der Waals surface area contributed by atoms with Gasteiger partial charge in [0.1, 0.15) is 17.2 Å². The summed E-state index contributed by atoms with van der Waals surface area (Å²) < 4.78 is 27.9. The Hall–Kier alpha value is -1.93. The van der Waals surface area contributed by atoms with Gasteiger partial charge in [0, 0.05) is 43.9 Å². The number of benzene rings is 2. The first-order valence-corrected chi connectivity index (χ1v) is 17.7. The Morgan fingerprint density at radius 1 is 0.791 bits per heavy atom. The van der Waals surface area contributed by atoms with Crippen LogP contribution in [0.3, 0.4) is 0 Å². The molecule has 0 aliphatic carbocycles. The number of piperidine rings is 1. The summed E-state index contributed by atoms with van der Waals surface area (Å²) >= 11 is 2.16. The van der Waals surface area contributed by atoms with Crippen molar-refractivity contribution in [2.24, 2.45) is 0 Å². The Morgan fingerprint density at radius 2 is 1.44 bits per heavy atom. The van der Waals surface area contributed by atoms with Crippen LogP contribution in [-0.2, 0) is 14.9 Å². The van der Waals surface area contributed by atoms with E-state index in [-0.39, 0.29) is 19.0 Å². The van der Waals surface area contributed by atoms with Crippen LogP contribution in [0.15, 0.2) is 42.5 Å². The van der Waals surface area contributed by atoms with Crippen LogP contribution in [0, 0.1) is 0 Å². The molecule has 2 aromatic rings. The number of hydrogen-bond donors (Lipinski definition) is 0. The van der Waals surface area contributed by atoms with Crippen LogP contribution in [0.5, 0.6) is 17.2 Å². The number of fused-ring (bicyclic) bond motifs is 1. The maximum absolute atomic E-state index is 6.40. The molecule has 2 aromatic carbocycles. The summed E-state index contributed by atoms with van der Waals surface area (Å²) in [5, 5.41) is 0. The molecule has 2 aliphatic rings. The standard InChI is InChI=1S/C36H55NO5S/c1-36(30-15-17-31(18-16-30)41-28-38-2)27-40-35-26-32(42-29-39-3)19-20-33(35)34(36)14-10-7-5-4-6-8-13-24-43-25-23-37-21-11-9-12-22-37/h15-20,26,34H,4-14,21-25,27-29H2,1-3H3. The third-order valence-electron chi connectivity index (χ3n) is 9.14. The van der Waals surface area contributed by atoms with Crippen molar-refractivity contribution >= 4 is 11.8 Å². The van der Waals surface area contributed by atoms with E-state index in [0.29, 0.717) is 12.5 Å². The second-order valence-electron chi connectivity index (χ2n) is 12.4. The van der Waals surface area contributed by atoms with Gasteiger partial charge < -0.3 is 28.6 Å². The van der Waals surface area contributed by atoms with Gasteiger partial charge in [-0.25, -0.2) is 0 Å². The lowest BCUT2D eigenvalue weighted by Gasteiger charge is -2.43. The van der Waals surface area contributed by atoms with Crippen molar-refractivity contribution in [1.82, 2.24) is 4.90 Å². The monoisotopic (exact) mass is 613 g/mol. The Labute approximate surface area is 265 Å². The molecule has 240 valence electrons. The first kappa shape index (κ1) is 34.0. The highest BCUT2D eigenvalue weighted by molar-refractivity contribution is 7.99. The van der Waals surface area contributed by atoms with E-state index in [2.05, 4.69) is 41.8 Å². The van der Waals surface area contributed by atoms with Gasteiger partial charge in [-0.05, 0) is 73.9 Å². The van der Waals surface area contributed by atoms with Crippen molar-refractivity contribution in [1.29, 1.82) is 0 Å². The van der Waals surface area contributed by atoms with E-state index >= 15 is 0 Å². The zero-order chi connectivity index (χ0) is 30.2. The fraction of sp³-hybridized carbons (Fsp3) is 0.667. The van der Waals surface area contributed by atoms with Gasteiger partial charge >= 0.3 is 0 Å². The average Bonchev–Trinajstić information content (AvgIpc) is 3.04. The first-order chi connectivity index (χ1) is 21.1. The maximum Gasteiger partial charge on any atom is 0.188 e. The van der Waals surface area contributed by atoms with Crippen LogP contribution >= 0.6 is 11.8 Å². The van der Waals surface area contributed by atoms with Gasteiger partial charge in [-0.2, -0.15) is 11.8 Å². The smallest absolute Gasteiger partial charge is 0.188 e. The molecule has 2 atom stereocenters. The third kappa shape index (κ3) is 10.6. The fourth-order valence-corrected chi connectivity index (χ4v) is 7.55. The van der Waals surface area contributed by atoms with E-state index in [9.17, 15) is 0 Å². The lowest BCUT2D eigenvalue weighted by Crippen LogP contribution is -2.40. The molecule has 0 N–H and O–H groups in total. The summed E-state index contributed by atoms with van der Waals surface area (Å²) in [5.74, 6) is 5.53. The van der Waals surface area contributed by atoms with Crippen molar-refractivity contribution in [3.63, 3.8) is 0 Å². The third-order valence-corrected chi connectivity index (χ3v) is 10.2. The molecule has 2 aliphatic heterocycles. The molecule has 0 spiro atoms. The van der Waals surface area contributed by atoms with Crippen LogP contribution in [0.25, 0.3) is 0 Å². The SMILES string of the molecule is COCOc1ccc(C2(C)COc3cc(OCOC)ccc3C2CCCCCCCCCSCCN2CCCCC2)cc1. The van der Waals surface area contributed by atoms with Gasteiger partial charge in [-0.1, -0.05) is 70.1 Å². The van der Waals surface area contributed by atoms with Gasteiger partial charge in [0.15, 0.2) is 13.6 Å². The Kier molecular flexibility index (Phi) is 14.8. The molecular weight excluding hydrogens is 558 g/mol. The van der Waals surface area contributed by atoms with Gasteiger partial charge in [0.25, 0.3) is 0 Å². The number of likely N-dealkylation sites (tertiary alicyclic amines) is 1. The van der Waals surface area contributed by atoms with Crippen LogP contribution in [-0.4, -0.2) is 70.5 Å². The molecule has 43 heavy (non-hydrogen) atoms. The first-order valence-electron chi connectivity index (χ1n) is 16.5. The number of rotatable bonds is 20. The van der Waals surface area contributed by atoms with Crippen LogP contribution in [0.1, 0.15) is 94.6 Å². The molecule has 2 unspecified atom stereocenters. The molecule has 4 rings (SSSR count). The minimum atomic E-state index is -0.132. The Bertz CT molecular complexity index is 1040. The lowest BCUT2D eigenvalue weighted by molar-refractivity contribution is 0.0505. The number of nitrogens with zero attached hydrogens (tertiary/aromatic N) is 1. The predicted molar refractivity (Wildman–Crippen MR) is 178 cm³/mol. The van der Waals surface area contributed by atoms with Gasteiger partial charge in [-0.3, -0.25) is 0 Å². The summed E-state index contributed by atoms with van der Waals surface area (Å²) in [6.45, 7) is 7.40. The van der Waals surface area contributed by atoms with Gasteiger partial charge in [0.05, 0.1) is 6.61 Å². The average molecular weight is 614 g/mol. The van der Waals surface area contributed by atoms with Gasteiger partial charge in [-0.15, -0.1) is 0 Å².